The predicted molar refractivity (Wildman–Crippen MR) is 75.8 cm³/mol. The zero-order chi connectivity index (χ0) is 13.3. The molecule has 1 saturated carbocycles. The Hall–Kier alpha value is -0.100. The van der Waals surface area contributed by atoms with Gasteiger partial charge in [0.2, 0.25) is 10.0 Å². The molecule has 0 atom stereocenters. The third-order valence-electron chi connectivity index (χ3n) is 3.59. The first-order valence-electron chi connectivity index (χ1n) is 6.09. The van der Waals surface area contributed by atoms with Gasteiger partial charge in [-0.2, -0.15) is 4.31 Å². The average Bonchev–Trinajstić information content (AvgIpc) is 2.96. The summed E-state index contributed by atoms with van der Waals surface area (Å²) in [7, 11) is -1.70. The fourth-order valence-corrected chi connectivity index (χ4v) is 5.96. The van der Waals surface area contributed by atoms with Gasteiger partial charge in [-0.05, 0) is 30.7 Å². The largest absolute Gasteiger partial charge is 0.244 e. The summed E-state index contributed by atoms with van der Waals surface area (Å²) in [6.07, 6.45) is 4.18. The van der Waals surface area contributed by atoms with Gasteiger partial charge in [0.25, 0.3) is 0 Å². The highest BCUT2D eigenvalue weighted by Gasteiger charge is 2.33. The summed E-state index contributed by atoms with van der Waals surface area (Å²) < 4.78 is 26.9. The first-order chi connectivity index (χ1) is 8.48. The number of hydrogen-bond donors (Lipinski definition) is 0. The molecule has 0 unspecified atom stereocenters. The Morgan fingerprint density at radius 2 is 2.06 bits per heavy atom. The van der Waals surface area contributed by atoms with E-state index in [-0.39, 0.29) is 11.9 Å². The molecule has 0 bridgehead atoms. The molecule has 1 heterocycles. The van der Waals surface area contributed by atoms with Crippen molar-refractivity contribution in [3.05, 3.63) is 15.8 Å². The van der Waals surface area contributed by atoms with Crippen molar-refractivity contribution in [2.45, 2.75) is 49.4 Å². The molecule has 1 aliphatic carbocycles. The van der Waals surface area contributed by atoms with Crippen LogP contribution in [-0.2, 0) is 15.9 Å². The molecule has 102 valence electrons. The summed E-state index contributed by atoms with van der Waals surface area (Å²) in [5.74, 6) is 0.256. The zero-order valence-corrected chi connectivity index (χ0v) is 13.0. The molecule has 1 aromatic heterocycles. The predicted octanol–water partition coefficient (Wildman–Crippen LogP) is 3.36. The number of halogens is 1. The van der Waals surface area contributed by atoms with Gasteiger partial charge >= 0.3 is 0 Å². The first kappa shape index (κ1) is 14.3. The van der Waals surface area contributed by atoms with Gasteiger partial charge in [-0.1, -0.05) is 12.8 Å². The Morgan fingerprint density at radius 1 is 1.44 bits per heavy atom. The van der Waals surface area contributed by atoms with E-state index in [1.165, 1.54) is 11.3 Å². The van der Waals surface area contributed by atoms with E-state index < -0.39 is 10.0 Å². The molecule has 1 fully saturated rings. The molecule has 0 aliphatic heterocycles. The van der Waals surface area contributed by atoms with Gasteiger partial charge in [0.1, 0.15) is 4.90 Å². The maximum atomic E-state index is 12.7. The normalized spacial score (nSPS) is 17.8. The third kappa shape index (κ3) is 2.46. The third-order valence-corrected chi connectivity index (χ3v) is 7.39. The van der Waals surface area contributed by atoms with Gasteiger partial charge in [0.05, 0.1) is 5.88 Å². The molecule has 0 saturated heterocycles. The van der Waals surface area contributed by atoms with E-state index in [1.54, 1.807) is 11.4 Å². The second-order valence-electron chi connectivity index (χ2n) is 4.76. The second-order valence-corrected chi connectivity index (χ2v) is 7.93. The highest BCUT2D eigenvalue weighted by atomic mass is 35.5. The van der Waals surface area contributed by atoms with Gasteiger partial charge in [-0.25, -0.2) is 8.42 Å². The van der Waals surface area contributed by atoms with Crippen LogP contribution in [0.3, 0.4) is 0 Å². The molecule has 1 aliphatic rings. The fraction of sp³-hybridized carbons (Fsp3) is 0.667. The fourth-order valence-electron chi connectivity index (χ4n) is 2.53. The van der Waals surface area contributed by atoms with Crippen molar-refractivity contribution in [2.75, 3.05) is 7.05 Å². The minimum atomic E-state index is -3.39. The second kappa shape index (κ2) is 5.49. The lowest BCUT2D eigenvalue weighted by Crippen LogP contribution is -2.35. The summed E-state index contributed by atoms with van der Waals surface area (Å²) in [6, 6.07) is 0.150. The van der Waals surface area contributed by atoms with E-state index >= 15 is 0 Å². The van der Waals surface area contributed by atoms with Crippen molar-refractivity contribution >= 4 is 33.0 Å². The van der Waals surface area contributed by atoms with Crippen molar-refractivity contribution in [3.8, 4) is 0 Å². The lowest BCUT2D eigenvalue weighted by Gasteiger charge is -2.24. The van der Waals surface area contributed by atoms with Crippen LogP contribution in [0.5, 0.6) is 0 Å². The Kier molecular flexibility index (Phi) is 4.36. The lowest BCUT2D eigenvalue weighted by molar-refractivity contribution is 0.372. The lowest BCUT2D eigenvalue weighted by atomic mass is 10.3. The summed E-state index contributed by atoms with van der Waals surface area (Å²) in [4.78, 5) is 1.18. The number of hydrogen-bond acceptors (Lipinski definition) is 3. The van der Waals surface area contributed by atoms with Crippen LogP contribution in [0.1, 0.15) is 36.1 Å². The Morgan fingerprint density at radius 3 is 2.61 bits per heavy atom. The Labute approximate surface area is 118 Å². The SMILES string of the molecule is Cc1csc(CCl)c1S(=O)(=O)N(C)C1CCCC1. The number of alkyl halides is 1. The summed E-state index contributed by atoms with van der Waals surface area (Å²) >= 11 is 7.27. The number of nitrogens with zero attached hydrogens (tertiary/aromatic N) is 1. The standard InChI is InChI=1S/C12H18ClNO2S2/c1-9-8-17-11(7-13)12(9)18(15,16)14(2)10-5-3-4-6-10/h8,10H,3-7H2,1-2H3. The molecule has 2 rings (SSSR count). The van der Waals surface area contributed by atoms with Gasteiger partial charge < -0.3 is 0 Å². The molecule has 0 radical (unpaired) electrons. The maximum absolute atomic E-state index is 12.7. The zero-order valence-electron chi connectivity index (χ0n) is 10.6. The Bertz CT molecular complexity index is 518. The van der Waals surface area contributed by atoms with Gasteiger partial charge in [-0.15, -0.1) is 22.9 Å². The topological polar surface area (TPSA) is 37.4 Å². The van der Waals surface area contributed by atoms with E-state index in [0.717, 1.165) is 36.1 Å². The molecule has 0 amide bonds. The number of thiophene rings is 1. The van der Waals surface area contributed by atoms with Crippen LogP contribution in [0.2, 0.25) is 0 Å². The Balaban J connectivity index is 2.37. The number of sulfonamides is 1. The smallest absolute Gasteiger partial charge is 0.207 e. The quantitative estimate of drug-likeness (QED) is 0.800. The molecular formula is C12H18ClNO2S2. The minimum absolute atomic E-state index is 0.150. The number of rotatable bonds is 4. The summed E-state index contributed by atoms with van der Waals surface area (Å²) in [5, 5.41) is 1.87. The molecule has 18 heavy (non-hydrogen) atoms. The van der Waals surface area contributed by atoms with Crippen LogP contribution in [0.15, 0.2) is 10.3 Å². The molecule has 0 N–H and O–H groups in total. The van der Waals surface area contributed by atoms with E-state index in [1.807, 2.05) is 12.3 Å². The van der Waals surface area contributed by atoms with Gasteiger partial charge in [0.15, 0.2) is 0 Å². The van der Waals surface area contributed by atoms with Crippen LogP contribution in [-0.4, -0.2) is 25.8 Å². The molecule has 3 nitrogen and oxygen atoms in total. The van der Waals surface area contributed by atoms with E-state index in [2.05, 4.69) is 0 Å². The van der Waals surface area contributed by atoms with Crippen molar-refractivity contribution in [1.29, 1.82) is 0 Å². The first-order valence-corrected chi connectivity index (χ1v) is 8.95. The average molecular weight is 308 g/mol. The van der Waals surface area contributed by atoms with Crippen LogP contribution in [0.4, 0.5) is 0 Å². The minimum Gasteiger partial charge on any atom is -0.207 e. The molecule has 1 aromatic rings. The van der Waals surface area contributed by atoms with Crippen LogP contribution >= 0.6 is 22.9 Å². The van der Waals surface area contributed by atoms with Crippen molar-refractivity contribution in [2.24, 2.45) is 0 Å². The van der Waals surface area contributed by atoms with E-state index in [9.17, 15) is 8.42 Å². The molecule has 0 aromatic carbocycles. The molecule has 6 heteroatoms. The monoisotopic (exact) mass is 307 g/mol. The van der Waals surface area contributed by atoms with Crippen LogP contribution in [0.25, 0.3) is 0 Å². The van der Waals surface area contributed by atoms with Crippen LogP contribution < -0.4 is 0 Å². The summed E-state index contributed by atoms with van der Waals surface area (Å²) in [6.45, 7) is 1.84. The van der Waals surface area contributed by atoms with Crippen molar-refractivity contribution < 1.29 is 8.42 Å². The summed E-state index contributed by atoms with van der Waals surface area (Å²) in [5.41, 5.74) is 0.806. The van der Waals surface area contributed by atoms with E-state index in [0.29, 0.717) is 4.90 Å². The van der Waals surface area contributed by atoms with Crippen LogP contribution in [0, 0.1) is 6.92 Å². The molecular weight excluding hydrogens is 290 g/mol. The van der Waals surface area contributed by atoms with E-state index in [4.69, 9.17) is 11.6 Å². The van der Waals surface area contributed by atoms with Crippen molar-refractivity contribution in [1.82, 2.24) is 4.31 Å². The highest BCUT2D eigenvalue weighted by Crippen LogP contribution is 2.33. The number of aryl methyl sites for hydroxylation is 1. The highest BCUT2D eigenvalue weighted by molar-refractivity contribution is 7.89. The van der Waals surface area contributed by atoms with Crippen molar-refractivity contribution in [3.63, 3.8) is 0 Å². The molecule has 0 spiro atoms. The van der Waals surface area contributed by atoms with Gasteiger partial charge in [-0.3, -0.25) is 0 Å². The van der Waals surface area contributed by atoms with Gasteiger partial charge in [0, 0.05) is 18.0 Å². The maximum Gasteiger partial charge on any atom is 0.244 e.